The second-order valence-electron chi connectivity index (χ2n) is 5.84. The first-order chi connectivity index (χ1) is 9.61. The summed E-state index contributed by atoms with van der Waals surface area (Å²) in [6, 6.07) is 15.3. The zero-order valence-corrected chi connectivity index (χ0v) is 13.0. The lowest BCUT2D eigenvalue weighted by molar-refractivity contribution is 0.647. The highest BCUT2D eigenvalue weighted by atomic mass is 14.2. The molecular weight excluding hydrogens is 240 g/mol. The molecule has 0 aliphatic carbocycles. The molecule has 0 aliphatic heterocycles. The third-order valence-electron chi connectivity index (χ3n) is 3.47. The molecule has 0 nitrogen and oxygen atoms in total. The van der Waals surface area contributed by atoms with E-state index in [4.69, 9.17) is 0 Å². The highest BCUT2D eigenvalue weighted by Gasteiger charge is 2.11. The van der Waals surface area contributed by atoms with Crippen molar-refractivity contribution in [3.05, 3.63) is 65.2 Å². The van der Waals surface area contributed by atoms with E-state index in [0.717, 1.165) is 6.42 Å². The Balaban J connectivity index is 2.64. The van der Waals surface area contributed by atoms with Gasteiger partial charge in [-0.25, -0.2) is 0 Å². The molecule has 20 heavy (non-hydrogen) atoms. The molecule has 0 aliphatic rings. The Morgan fingerprint density at radius 1 is 1.05 bits per heavy atom. The van der Waals surface area contributed by atoms with Crippen LogP contribution in [0, 0.1) is 12.8 Å². The van der Waals surface area contributed by atoms with Crippen molar-refractivity contribution in [2.24, 2.45) is 5.92 Å². The molecule has 0 saturated heterocycles. The Hall–Kier alpha value is -1.82. The molecule has 0 atom stereocenters. The lowest BCUT2D eigenvalue weighted by Gasteiger charge is -2.17. The average molecular weight is 264 g/mol. The molecule has 104 valence electrons. The van der Waals surface area contributed by atoms with Gasteiger partial charge in [0.05, 0.1) is 0 Å². The van der Waals surface area contributed by atoms with Gasteiger partial charge in [0.1, 0.15) is 0 Å². The van der Waals surface area contributed by atoms with Crippen molar-refractivity contribution in [2.75, 3.05) is 0 Å². The average Bonchev–Trinajstić information content (AvgIpc) is 2.42. The summed E-state index contributed by atoms with van der Waals surface area (Å²) in [5, 5.41) is 0. The van der Waals surface area contributed by atoms with Crippen molar-refractivity contribution in [1.82, 2.24) is 0 Å². The van der Waals surface area contributed by atoms with E-state index < -0.39 is 0 Å². The number of allylic oxidation sites excluding steroid dienone is 1. The standard InChI is InChI=1S/C20H24/c1-5-9-18-13-16(4)14-20(19(18)12-15(2)3)17-10-7-6-8-11-17/h5-11,13-15H,12H2,1-4H3/b9-5-. The van der Waals surface area contributed by atoms with Gasteiger partial charge in [-0.3, -0.25) is 0 Å². The van der Waals surface area contributed by atoms with Crippen LogP contribution in [0.3, 0.4) is 0 Å². The van der Waals surface area contributed by atoms with Crippen molar-refractivity contribution in [1.29, 1.82) is 0 Å². The second-order valence-corrected chi connectivity index (χ2v) is 5.84. The van der Waals surface area contributed by atoms with Gasteiger partial charge in [0.15, 0.2) is 0 Å². The van der Waals surface area contributed by atoms with Crippen molar-refractivity contribution >= 4 is 6.08 Å². The molecular formula is C20H24. The van der Waals surface area contributed by atoms with Crippen LogP contribution >= 0.6 is 0 Å². The molecule has 0 radical (unpaired) electrons. The van der Waals surface area contributed by atoms with Crippen molar-refractivity contribution in [3.8, 4) is 11.1 Å². The van der Waals surface area contributed by atoms with Gasteiger partial charge in [0.2, 0.25) is 0 Å². The molecule has 0 amide bonds. The molecule has 2 aromatic carbocycles. The fourth-order valence-electron chi connectivity index (χ4n) is 2.68. The number of hydrogen-bond donors (Lipinski definition) is 0. The van der Waals surface area contributed by atoms with Crippen LogP contribution in [0.15, 0.2) is 48.5 Å². The Morgan fingerprint density at radius 3 is 2.35 bits per heavy atom. The predicted octanol–water partition coefficient (Wildman–Crippen LogP) is 5.89. The monoisotopic (exact) mass is 264 g/mol. The van der Waals surface area contributed by atoms with E-state index in [2.05, 4.69) is 82.3 Å². The number of rotatable bonds is 4. The number of benzene rings is 2. The Morgan fingerprint density at radius 2 is 1.75 bits per heavy atom. The summed E-state index contributed by atoms with van der Waals surface area (Å²) >= 11 is 0. The van der Waals surface area contributed by atoms with Gasteiger partial charge >= 0.3 is 0 Å². The van der Waals surface area contributed by atoms with E-state index in [0.29, 0.717) is 5.92 Å². The molecule has 0 aromatic heterocycles. The lowest BCUT2D eigenvalue weighted by atomic mass is 9.88. The first-order valence-corrected chi connectivity index (χ1v) is 7.43. The summed E-state index contributed by atoms with van der Waals surface area (Å²) < 4.78 is 0. The van der Waals surface area contributed by atoms with E-state index in [9.17, 15) is 0 Å². The van der Waals surface area contributed by atoms with E-state index in [1.807, 2.05) is 0 Å². The van der Waals surface area contributed by atoms with Crippen LogP contribution in [-0.2, 0) is 6.42 Å². The SMILES string of the molecule is C/C=C\c1cc(C)cc(-c2ccccc2)c1CC(C)C. The molecule has 0 saturated carbocycles. The summed E-state index contributed by atoms with van der Waals surface area (Å²) in [6.07, 6.45) is 5.48. The third-order valence-corrected chi connectivity index (χ3v) is 3.47. The zero-order valence-electron chi connectivity index (χ0n) is 13.0. The molecule has 0 heterocycles. The van der Waals surface area contributed by atoms with Gasteiger partial charge in [0.25, 0.3) is 0 Å². The molecule has 0 N–H and O–H groups in total. The minimum Gasteiger partial charge on any atom is -0.0871 e. The van der Waals surface area contributed by atoms with Gasteiger partial charge in [0, 0.05) is 0 Å². The Labute approximate surface area is 123 Å². The number of aryl methyl sites for hydroxylation is 1. The van der Waals surface area contributed by atoms with Crippen LogP contribution in [0.5, 0.6) is 0 Å². The molecule has 2 aromatic rings. The summed E-state index contributed by atoms with van der Waals surface area (Å²) in [5.74, 6) is 0.657. The molecule has 2 rings (SSSR count). The highest BCUT2D eigenvalue weighted by Crippen LogP contribution is 2.30. The normalized spacial score (nSPS) is 11.4. The lowest BCUT2D eigenvalue weighted by Crippen LogP contribution is -2.01. The molecule has 0 heteroatoms. The van der Waals surface area contributed by atoms with Gasteiger partial charge in [-0.2, -0.15) is 0 Å². The minimum atomic E-state index is 0.657. The van der Waals surface area contributed by atoms with Crippen LogP contribution in [0.2, 0.25) is 0 Å². The van der Waals surface area contributed by atoms with Crippen LogP contribution < -0.4 is 0 Å². The van der Waals surface area contributed by atoms with Crippen LogP contribution in [0.25, 0.3) is 17.2 Å². The summed E-state index contributed by atoms with van der Waals surface area (Å²) in [6.45, 7) is 8.84. The highest BCUT2D eigenvalue weighted by molar-refractivity contribution is 5.73. The largest absolute Gasteiger partial charge is 0.0871 e. The smallest absolute Gasteiger partial charge is 0.0143 e. The Bertz CT molecular complexity index is 589. The second kappa shape index (κ2) is 6.56. The summed E-state index contributed by atoms with van der Waals surface area (Å²) in [5.41, 5.74) is 6.85. The molecule has 0 fully saturated rings. The fraction of sp³-hybridized carbons (Fsp3) is 0.300. The quantitative estimate of drug-likeness (QED) is 0.645. The first kappa shape index (κ1) is 14.6. The first-order valence-electron chi connectivity index (χ1n) is 7.43. The molecule has 0 unspecified atom stereocenters. The van der Waals surface area contributed by atoms with E-state index in [1.54, 1.807) is 0 Å². The van der Waals surface area contributed by atoms with Crippen molar-refractivity contribution < 1.29 is 0 Å². The number of hydrogen-bond acceptors (Lipinski definition) is 0. The third kappa shape index (κ3) is 3.39. The Kier molecular flexibility index (Phi) is 4.79. The topological polar surface area (TPSA) is 0 Å². The van der Waals surface area contributed by atoms with Gasteiger partial charge in [-0.05, 0) is 54.0 Å². The maximum absolute atomic E-state index is 2.32. The van der Waals surface area contributed by atoms with E-state index in [-0.39, 0.29) is 0 Å². The van der Waals surface area contributed by atoms with E-state index in [1.165, 1.54) is 27.8 Å². The predicted molar refractivity (Wildman–Crippen MR) is 89.9 cm³/mol. The maximum atomic E-state index is 2.32. The van der Waals surface area contributed by atoms with Crippen molar-refractivity contribution in [2.45, 2.75) is 34.1 Å². The van der Waals surface area contributed by atoms with E-state index >= 15 is 0 Å². The maximum Gasteiger partial charge on any atom is -0.0143 e. The minimum absolute atomic E-state index is 0.657. The summed E-state index contributed by atoms with van der Waals surface area (Å²) in [4.78, 5) is 0. The van der Waals surface area contributed by atoms with Crippen molar-refractivity contribution in [3.63, 3.8) is 0 Å². The van der Waals surface area contributed by atoms with Gasteiger partial charge in [-0.15, -0.1) is 0 Å². The summed E-state index contributed by atoms with van der Waals surface area (Å²) in [7, 11) is 0. The van der Waals surface area contributed by atoms with Crippen LogP contribution in [-0.4, -0.2) is 0 Å². The van der Waals surface area contributed by atoms with Crippen LogP contribution in [0.4, 0.5) is 0 Å². The molecule has 0 spiro atoms. The zero-order chi connectivity index (χ0) is 14.5. The van der Waals surface area contributed by atoms with Gasteiger partial charge < -0.3 is 0 Å². The van der Waals surface area contributed by atoms with Crippen LogP contribution in [0.1, 0.15) is 37.5 Å². The molecule has 0 bridgehead atoms. The fourth-order valence-corrected chi connectivity index (χ4v) is 2.68. The van der Waals surface area contributed by atoms with Gasteiger partial charge in [-0.1, -0.05) is 68.5 Å².